The fourth-order valence-electron chi connectivity index (χ4n) is 1.67. The van der Waals surface area contributed by atoms with Crippen LogP contribution < -0.4 is 5.32 Å². The SMILES string of the molecule is CC(NCc1cc(Br)c(Cl)s1)c1ccccc1F. The van der Waals surface area contributed by atoms with Gasteiger partial charge in [0, 0.05) is 27.5 Å². The molecule has 0 fully saturated rings. The van der Waals surface area contributed by atoms with Gasteiger partial charge in [-0.05, 0) is 35.0 Å². The van der Waals surface area contributed by atoms with Crippen LogP contribution in [0.15, 0.2) is 34.8 Å². The minimum Gasteiger partial charge on any atom is -0.305 e. The first kappa shape index (κ1) is 14.0. The van der Waals surface area contributed by atoms with Gasteiger partial charge in [0.25, 0.3) is 0 Å². The van der Waals surface area contributed by atoms with Crippen LogP contribution in [-0.2, 0) is 6.54 Å². The Morgan fingerprint density at radius 1 is 1.44 bits per heavy atom. The molecule has 1 N–H and O–H groups in total. The number of thiophene rings is 1. The molecule has 0 bridgehead atoms. The van der Waals surface area contributed by atoms with Crippen LogP contribution in [0.3, 0.4) is 0 Å². The van der Waals surface area contributed by atoms with Crippen molar-refractivity contribution in [2.75, 3.05) is 0 Å². The Bertz CT molecular complexity index is 524. The normalized spacial score (nSPS) is 12.7. The van der Waals surface area contributed by atoms with Crippen LogP contribution >= 0.6 is 38.9 Å². The van der Waals surface area contributed by atoms with E-state index in [4.69, 9.17) is 11.6 Å². The second-order valence-electron chi connectivity index (χ2n) is 3.96. The van der Waals surface area contributed by atoms with Gasteiger partial charge in [-0.2, -0.15) is 0 Å². The van der Waals surface area contributed by atoms with Gasteiger partial charge in [-0.25, -0.2) is 4.39 Å². The Balaban J connectivity index is 2.00. The van der Waals surface area contributed by atoms with E-state index in [1.54, 1.807) is 12.1 Å². The molecule has 1 aromatic heterocycles. The second kappa shape index (κ2) is 6.15. The molecule has 1 atom stereocenters. The second-order valence-corrected chi connectivity index (χ2v) is 6.55. The number of halogens is 3. The van der Waals surface area contributed by atoms with E-state index in [0.717, 1.165) is 13.7 Å². The molecule has 96 valence electrons. The first-order valence-corrected chi connectivity index (χ1v) is 7.48. The van der Waals surface area contributed by atoms with Crippen molar-refractivity contribution in [3.63, 3.8) is 0 Å². The molecule has 0 radical (unpaired) electrons. The molecule has 0 amide bonds. The summed E-state index contributed by atoms with van der Waals surface area (Å²) in [4.78, 5) is 1.12. The summed E-state index contributed by atoms with van der Waals surface area (Å²) in [7, 11) is 0. The lowest BCUT2D eigenvalue weighted by molar-refractivity contribution is 0.530. The highest BCUT2D eigenvalue weighted by atomic mass is 79.9. The van der Waals surface area contributed by atoms with E-state index in [1.807, 2.05) is 19.1 Å². The molecular formula is C13H12BrClFNS. The molecule has 2 aromatic rings. The summed E-state index contributed by atoms with van der Waals surface area (Å²) < 4.78 is 15.2. The molecule has 0 aliphatic heterocycles. The summed E-state index contributed by atoms with van der Waals surface area (Å²) in [6.07, 6.45) is 0. The summed E-state index contributed by atoms with van der Waals surface area (Å²) >= 11 is 10.9. The molecule has 1 nitrogen and oxygen atoms in total. The Labute approximate surface area is 123 Å². The average Bonchev–Trinajstić information content (AvgIpc) is 2.66. The molecule has 1 heterocycles. The molecule has 5 heteroatoms. The standard InChI is InChI=1S/C13H12BrClFNS/c1-8(10-4-2-3-5-12(10)16)17-7-9-6-11(14)13(15)18-9/h2-6,8,17H,7H2,1H3. The van der Waals surface area contributed by atoms with Crippen LogP contribution in [0.5, 0.6) is 0 Å². The fraction of sp³-hybridized carbons (Fsp3) is 0.231. The van der Waals surface area contributed by atoms with Crippen molar-refractivity contribution in [2.45, 2.75) is 19.5 Å². The Hall–Kier alpha value is -0.420. The molecule has 1 aromatic carbocycles. The van der Waals surface area contributed by atoms with Crippen molar-refractivity contribution in [3.8, 4) is 0 Å². The third kappa shape index (κ3) is 3.32. The lowest BCUT2D eigenvalue weighted by Gasteiger charge is -2.14. The van der Waals surface area contributed by atoms with Gasteiger partial charge in [0.05, 0.1) is 0 Å². The topological polar surface area (TPSA) is 12.0 Å². The number of nitrogens with one attached hydrogen (secondary N) is 1. The zero-order valence-corrected chi connectivity index (χ0v) is 12.9. The number of hydrogen-bond donors (Lipinski definition) is 1. The summed E-state index contributed by atoms with van der Waals surface area (Å²) in [6, 6.07) is 8.76. The van der Waals surface area contributed by atoms with Crippen molar-refractivity contribution in [1.29, 1.82) is 0 Å². The third-order valence-corrected chi connectivity index (χ3v) is 5.13. The van der Waals surface area contributed by atoms with Crippen molar-refractivity contribution >= 4 is 38.9 Å². The zero-order chi connectivity index (χ0) is 13.1. The monoisotopic (exact) mass is 347 g/mol. The summed E-state index contributed by atoms with van der Waals surface area (Å²) in [5.41, 5.74) is 0.680. The summed E-state index contributed by atoms with van der Waals surface area (Å²) in [5, 5.41) is 3.29. The molecule has 0 saturated heterocycles. The van der Waals surface area contributed by atoms with E-state index in [9.17, 15) is 4.39 Å². The predicted molar refractivity (Wildman–Crippen MR) is 78.7 cm³/mol. The van der Waals surface area contributed by atoms with Crippen molar-refractivity contribution in [3.05, 3.63) is 55.4 Å². The van der Waals surface area contributed by atoms with E-state index < -0.39 is 0 Å². The largest absolute Gasteiger partial charge is 0.305 e. The molecule has 0 saturated carbocycles. The quantitative estimate of drug-likeness (QED) is 0.805. The van der Waals surface area contributed by atoms with E-state index in [0.29, 0.717) is 12.1 Å². The molecule has 18 heavy (non-hydrogen) atoms. The van der Waals surface area contributed by atoms with Gasteiger partial charge in [0.15, 0.2) is 0 Å². The van der Waals surface area contributed by atoms with Gasteiger partial charge in [-0.1, -0.05) is 29.8 Å². The van der Waals surface area contributed by atoms with E-state index in [-0.39, 0.29) is 11.9 Å². The zero-order valence-electron chi connectivity index (χ0n) is 9.71. The number of rotatable bonds is 4. The highest BCUT2D eigenvalue weighted by molar-refractivity contribution is 9.10. The Morgan fingerprint density at radius 3 is 2.78 bits per heavy atom. The molecule has 2 rings (SSSR count). The molecule has 0 aliphatic rings. The highest BCUT2D eigenvalue weighted by Gasteiger charge is 2.11. The first-order chi connectivity index (χ1) is 8.58. The van der Waals surface area contributed by atoms with Crippen LogP contribution in [-0.4, -0.2) is 0 Å². The van der Waals surface area contributed by atoms with Crippen LogP contribution in [0.25, 0.3) is 0 Å². The predicted octanol–water partition coefficient (Wildman–Crippen LogP) is 5.15. The lowest BCUT2D eigenvalue weighted by Crippen LogP contribution is -2.18. The van der Waals surface area contributed by atoms with Crippen molar-refractivity contribution in [2.24, 2.45) is 0 Å². The maximum Gasteiger partial charge on any atom is 0.127 e. The third-order valence-electron chi connectivity index (χ3n) is 2.65. The number of hydrogen-bond acceptors (Lipinski definition) is 2. The maximum absolute atomic E-state index is 13.6. The fourth-order valence-corrected chi connectivity index (χ4v) is 3.41. The van der Waals surface area contributed by atoms with Gasteiger partial charge >= 0.3 is 0 Å². The van der Waals surface area contributed by atoms with E-state index >= 15 is 0 Å². The molecular weight excluding hydrogens is 337 g/mol. The lowest BCUT2D eigenvalue weighted by atomic mass is 10.1. The molecule has 0 aliphatic carbocycles. The highest BCUT2D eigenvalue weighted by Crippen LogP contribution is 2.32. The minimum atomic E-state index is -0.178. The minimum absolute atomic E-state index is 0.0362. The van der Waals surface area contributed by atoms with E-state index in [1.165, 1.54) is 17.4 Å². The van der Waals surface area contributed by atoms with Crippen molar-refractivity contribution < 1.29 is 4.39 Å². The van der Waals surface area contributed by atoms with Gasteiger partial charge in [0.2, 0.25) is 0 Å². The smallest absolute Gasteiger partial charge is 0.127 e. The molecule has 1 unspecified atom stereocenters. The first-order valence-electron chi connectivity index (χ1n) is 5.49. The van der Waals surface area contributed by atoms with Gasteiger partial charge < -0.3 is 5.32 Å². The van der Waals surface area contributed by atoms with Crippen LogP contribution in [0, 0.1) is 5.82 Å². The van der Waals surface area contributed by atoms with E-state index in [2.05, 4.69) is 21.2 Å². The van der Waals surface area contributed by atoms with Gasteiger partial charge in [0.1, 0.15) is 10.2 Å². The number of benzene rings is 1. The Morgan fingerprint density at radius 2 is 2.17 bits per heavy atom. The van der Waals surface area contributed by atoms with Gasteiger partial charge in [-0.15, -0.1) is 11.3 Å². The van der Waals surface area contributed by atoms with Gasteiger partial charge in [-0.3, -0.25) is 0 Å². The molecule has 0 spiro atoms. The van der Waals surface area contributed by atoms with Crippen LogP contribution in [0.2, 0.25) is 4.34 Å². The Kier molecular flexibility index (Phi) is 4.78. The van der Waals surface area contributed by atoms with Crippen molar-refractivity contribution in [1.82, 2.24) is 5.32 Å². The van der Waals surface area contributed by atoms with Crippen LogP contribution in [0.1, 0.15) is 23.4 Å². The van der Waals surface area contributed by atoms with Crippen LogP contribution in [0.4, 0.5) is 4.39 Å². The summed E-state index contributed by atoms with van der Waals surface area (Å²) in [5.74, 6) is -0.178. The summed E-state index contributed by atoms with van der Waals surface area (Å²) in [6.45, 7) is 2.62. The average molecular weight is 349 g/mol. The maximum atomic E-state index is 13.6.